The number of thiol groups is 1. The topological polar surface area (TPSA) is 0 Å². The van der Waals surface area contributed by atoms with E-state index in [9.17, 15) is 0 Å². The zero-order chi connectivity index (χ0) is 16.5. The summed E-state index contributed by atoms with van der Waals surface area (Å²) >= 11 is -1.97. The van der Waals surface area contributed by atoms with Crippen LogP contribution in [0.3, 0.4) is 0 Å². The van der Waals surface area contributed by atoms with Gasteiger partial charge in [0.25, 0.3) is 0 Å². The van der Waals surface area contributed by atoms with E-state index in [0.29, 0.717) is 0 Å². The van der Waals surface area contributed by atoms with Crippen molar-refractivity contribution in [2.24, 2.45) is 0 Å². The number of hydrogen-bond donors (Lipinski definition) is 1. The van der Waals surface area contributed by atoms with Crippen LogP contribution < -0.4 is 0 Å². The molecule has 22 heavy (non-hydrogen) atoms. The van der Waals surface area contributed by atoms with Crippen LogP contribution in [0.25, 0.3) is 0 Å². The first-order valence-electron chi connectivity index (χ1n) is 10.4. The van der Waals surface area contributed by atoms with Gasteiger partial charge in [0, 0.05) is 0 Å². The van der Waals surface area contributed by atoms with Crippen molar-refractivity contribution in [1.29, 1.82) is 0 Å². The summed E-state index contributed by atoms with van der Waals surface area (Å²) in [6, 6.07) is 0. The Morgan fingerprint density at radius 3 is 1.18 bits per heavy atom. The molecule has 0 heterocycles. The molecule has 0 N–H and O–H groups in total. The van der Waals surface area contributed by atoms with Crippen molar-refractivity contribution in [1.82, 2.24) is 0 Å². The Balaban J connectivity index is 3.58. The molecule has 0 atom stereocenters. The maximum atomic E-state index is 5.29. The third kappa shape index (κ3) is 14.7. The Morgan fingerprint density at radius 1 is 0.455 bits per heavy atom. The monoisotopic (exact) mass is 436 g/mol. The SMILES string of the molecule is CCCCCCCCCCC[CH2][Sn]([SH])([CH2]CCC)[CH2]CCC. The van der Waals surface area contributed by atoms with Crippen LogP contribution in [0.4, 0.5) is 0 Å². The Kier molecular flexibility index (Phi) is 17.9. The quantitative estimate of drug-likeness (QED) is 0.132. The van der Waals surface area contributed by atoms with Crippen LogP contribution >= 0.6 is 9.81 Å². The molecule has 0 fully saturated rings. The van der Waals surface area contributed by atoms with E-state index >= 15 is 0 Å². The molecule has 0 rings (SSSR count). The molecule has 0 nitrogen and oxygen atoms in total. The van der Waals surface area contributed by atoms with E-state index in [4.69, 9.17) is 9.81 Å². The number of unbranched alkanes of at least 4 members (excludes halogenated alkanes) is 11. The third-order valence-electron chi connectivity index (χ3n) is 4.99. The number of hydrogen-bond acceptors (Lipinski definition) is 1. The van der Waals surface area contributed by atoms with E-state index in [1.54, 1.807) is 4.44 Å². The second-order valence-electron chi connectivity index (χ2n) is 7.36. The maximum absolute atomic E-state index is 5.29. The molecule has 0 aromatic heterocycles. The molecule has 0 spiro atoms. The van der Waals surface area contributed by atoms with Crippen molar-refractivity contribution in [2.45, 2.75) is 124 Å². The van der Waals surface area contributed by atoms with E-state index in [2.05, 4.69) is 20.8 Å². The van der Waals surface area contributed by atoms with Gasteiger partial charge in [-0.25, -0.2) is 0 Å². The summed E-state index contributed by atoms with van der Waals surface area (Å²) in [5.74, 6) is 0. The fourth-order valence-corrected chi connectivity index (χ4v) is 17.0. The summed E-state index contributed by atoms with van der Waals surface area (Å²) in [4.78, 5) is 0. The molecule has 0 radical (unpaired) electrons. The molecular formula is C20H44SSn. The van der Waals surface area contributed by atoms with Gasteiger partial charge < -0.3 is 0 Å². The second kappa shape index (κ2) is 17.0. The zero-order valence-electron chi connectivity index (χ0n) is 16.0. The van der Waals surface area contributed by atoms with Gasteiger partial charge in [0.1, 0.15) is 0 Å². The van der Waals surface area contributed by atoms with Crippen molar-refractivity contribution in [3.8, 4) is 0 Å². The molecule has 0 saturated carbocycles. The fourth-order valence-electron chi connectivity index (χ4n) is 3.33. The van der Waals surface area contributed by atoms with Crippen LogP contribution in [-0.2, 0) is 0 Å². The molecule has 0 aromatic rings. The Morgan fingerprint density at radius 2 is 0.773 bits per heavy atom. The molecule has 0 aliphatic heterocycles. The predicted molar refractivity (Wildman–Crippen MR) is 111 cm³/mol. The third-order valence-corrected chi connectivity index (χ3v) is 20.5. The minimum atomic E-state index is -1.97. The summed E-state index contributed by atoms with van der Waals surface area (Å²) in [7, 11) is 5.29. The van der Waals surface area contributed by atoms with E-state index in [0.717, 1.165) is 0 Å². The standard InChI is InChI=1S/C12H25.2C4H9.H2S.Sn/c1-3-5-7-9-11-12-10-8-6-4-2;2*1-3-4-2;;/h1,3-12H2,2H3;2*1,3-4H2,2H3;1H2;/q;;;;+1/p-1. The van der Waals surface area contributed by atoms with Gasteiger partial charge >= 0.3 is 151 Å². The minimum absolute atomic E-state index is 1.36. The van der Waals surface area contributed by atoms with Gasteiger partial charge in [-0.3, -0.25) is 0 Å². The van der Waals surface area contributed by atoms with Crippen LogP contribution in [-0.4, -0.2) is 17.0 Å². The van der Waals surface area contributed by atoms with Gasteiger partial charge in [0.15, 0.2) is 0 Å². The average Bonchev–Trinajstić information content (AvgIpc) is 2.53. The van der Waals surface area contributed by atoms with Crippen LogP contribution in [0, 0.1) is 0 Å². The average molecular weight is 435 g/mol. The van der Waals surface area contributed by atoms with E-state index in [1.807, 2.05) is 0 Å². The van der Waals surface area contributed by atoms with Gasteiger partial charge in [0.05, 0.1) is 0 Å². The van der Waals surface area contributed by atoms with Crippen molar-refractivity contribution in [2.75, 3.05) is 0 Å². The van der Waals surface area contributed by atoms with E-state index in [1.165, 1.54) is 98.8 Å². The van der Waals surface area contributed by atoms with Crippen molar-refractivity contribution >= 4 is 26.8 Å². The van der Waals surface area contributed by atoms with Crippen LogP contribution in [0.2, 0.25) is 13.3 Å². The molecule has 0 unspecified atom stereocenters. The van der Waals surface area contributed by atoms with Crippen LogP contribution in [0.5, 0.6) is 0 Å². The molecule has 134 valence electrons. The molecule has 0 aliphatic rings. The molecule has 0 aromatic carbocycles. The van der Waals surface area contributed by atoms with E-state index < -0.39 is 17.0 Å². The summed E-state index contributed by atoms with van der Waals surface area (Å²) in [6.07, 6.45) is 20.2. The first kappa shape index (κ1) is 23.1. The fraction of sp³-hybridized carbons (Fsp3) is 1.00. The Bertz CT molecular complexity index is 210. The molecule has 0 bridgehead atoms. The molecule has 0 saturated heterocycles. The van der Waals surface area contributed by atoms with Crippen molar-refractivity contribution in [3.63, 3.8) is 0 Å². The van der Waals surface area contributed by atoms with Crippen LogP contribution in [0.15, 0.2) is 0 Å². The van der Waals surface area contributed by atoms with Gasteiger partial charge in [0.2, 0.25) is 0 Å². The van der Waals surface area contributed by atoms with Gasteiger partial charge in [-0.05, 0) is 0 Å². The first-order valence-corrected chi connectivity index (χ1v) is 20.7. The Labute approximate surface area is 150 Å². The molecule has 2 heteroatoms. The first-order chi connectivity index (χ1) is 10.7. The normalized spacial score (nSPS) is 12.0. The van der Waals surface area contributed by atoms with Crippen LogP contribution in [0.1, 0.15) is 111 Å². The predicted octanol–water partition coefficient (Wildman–Crippen LogP) is 8.38. The number of rotatable bonds is 17. The summed E-state index contributed by atoms with van der Waals surface area (Å²) in [5, 5.41) is 0. The molecule has 0 amide bonds. The van der Waals surface area contributed by atoms with Crippen molar-refractivity contribution in [3.05, 3.63) is 0 Å². The summed E-state index contributed by atoms with van der Waals surface area (Å²) in [6.45, 7) is 6.97. The van der Waals surface area contributed by atoms with Gasteiger partial charge in [-0.15, -0.1) is 0 Å². The van der Waals surface area contributed by atoms with Gasteiger partial charge in [-0.2, -0.15) is 0 Å². The Hall–Kier alpha value is 1.15. The zero-order valence-corrected chi connectivity index (χ0v) is 19.7. The molecular weight excluding hydrogens is 391 g/mol. The van der Waals surface area contributed by atoms with E-state index in [-0.39, 0.29) is 0 Å². The summed E-state index contributed by atoms with van der Waals surface area (Å²) < 4.78 is 4.62. The summed E-state index contributed by atoms with van der Waals surface area (Å²) in [5.41, 5.74) is 0. The second-order valence-corrected chi connectivity index (χ2v) is 25.0. The molecule has 0 aliphatic carbocycles. The van der Waals surface area contributed by atoms with Crippen molar-refractivity contribution < 1.29 is 0 Å². The van der Waals surface area contributed by atoms with Gasteiger partial charge in [-0.1, -0.05) is 0 Å².